The molecule has 5 nitrogen and oxygen atoms in total. The maximum absolute atomic E-state index is 12.9. The highest BCUT2D eigenvalue weighted by Crippen LogP contribution is 2.41. The van der Waals surface area contributed by atoms with E-state index in [-0.39, 0.29) is 36.4 Å². The van der Waals surface area contributed by atoms with Gasteiger partial charge in [0.25, 0.3) is 0 Å². The van der Waals surface area contributed by atoms with Crippen LogP contribution in [0.5, 0.6) is 0 Å². The van der Waals surface area contributed by atoms with Gasteiger partial charge >= 0.3 is 0 Å². The Morgan fingerprint density at radius 1 is 1.35 bits per heavy atom. The first kappa shape index (κ1) is 18.6. The van der Waals surface area contributed by atoms with Gasteiger partial charge < -0.3 is 15.3 Å². The van der Waals surface area contributed by atoms with E-state index in [2.05, 4.69) is 5.32 Å². The third kappa shape index (κ3) is 3.81. The highest BCUT2D eigenvalue weighted by molar-refractivity contribution is 7.10. The number of piperidine rings is 1. The van der Waals surface area contributed by atoms with Crippen molar-refractivity contribution >= 4 is 28.8 Å². The standard InChI is InChI=1S/C20H24N2O3S/c1-13-5-7-15(8-6-13)22-18(24)10-9-16(20(25)21-14(2)12-23)19(22)17-4-3-11-26-17/h3-8,11,14,16,19,23H,9-10,12H2,1-2H3,(H,21,25)/t14-,16+,19-/m1/s1. The van der Waals surface area contributed by atoms with Crippen LogP contribution < -0.4 is 10.2 Å². The van der Waals surface area contributed by atoms with Gasteiger partial charge in [0.15, 0.2) is 0 Å². The molecule has 0 spiro atoms. The number of nitrogens with one attached hydrogen (secondary N) is 1. The van der Waals surface area contributed by atoms with Crippen molar-refractivity contribution < 1.29 is 14.7 Å². The van der Waals surface area contributed by atoms with E-state index in [0.29, 0.717) is 12.8 Å². The molecule has 1 aromatic heterocycles. The second kappa shape index (κ2) is 8.01. The number of nitrogens with zero attached hydrogens (tertiary/aromatic N) is 1. The fourth-order valence-electron chi connectivity index (χ4n) is 3.36. The minimum atomic E-state index is -0.346. The maximum atomic E-state index is 12.9. The van der Waals surface area contributed by atoms with Crippen molar-refractivity contribution in [2.24, 2.45) is 5.92 Å². The average Bonchev–Trinajstić information content (AvgIpc) is 3.16. The summed E-state index contributed by atoms with van der Waals surface area (Å²) in [5.41, 5.74) is 1.93. The molecule has 2 aromatic rings. The number of hydrogen-bond acceptors (Lipinski definition) is 4. The lowest BCUT2D eigenvalue weighted by Crippen LogP contribution is -2.49. The van der Waals surface area contributed by atoms with E-state index in [1.165, 1.54) is 0 Å². The Labute approximate surface area is 157 Å². The molecule has 2 N–H and O–H groups in total. The van der Waals surface area contributed by atoms with Crippen molar-refractivity contribution in [2.45, 2.75) is 38.8 Å². The fourth-order valence-corrected chi connectivity index (χ4v) is 4.24. The van der Waals surface area contributed by atoms with Gasteiger partial charge in [-0.15, -0.1) is 11.3 Å². The Bertz CT molecular complexity index is 758. The SMILES string of the molecule is Cc1ccc(N2C(=O)CC[C@H](C(=O)N[C@H](C)CO)[C@@H]2c2cccs2)cc1. The zero-order valence-electron chi connectivity index (χ0n) is 15.0. The second-order valence-corrected chi connectivity index (χ2v) is 7.78. The molecule has 1 fully saturated rings. The number of aliphatic hydroxyl groups excluding tert-OH is 1. The highest BCUT2D eigenvalue weighted by atomic mass is 32.1. The van der Waals surface area contributed by atoms with Crippen LogP contribution in [0.1, 0.15) is 36.2 Å². The zero-order chi connectivity index (χ0) is 18.7. The van der Waals surface area contributed by atoms with E-state index in [9.17, 15) is 14.7 Å². The van der Waals surface area contributed by atoms with Crippen LogP contribution >= 0.6 is 11.3 Å². The van der Waals surface area contributed by atoms with Crippen LogP contribution in [-0.2, 0) is 9.59 Å². The summed E-state index contributed by atoms with van der Waals surface area (Å²) in [5.74, 6) is -0.428. The van der Waals surface area contributed by atoms with Gasteiger partial charge in [-0.2, -0.15) is 0 Å². The largest absolute Gasteiger partial charge is 0.394 e. The predicted molar refractivity (Wildman–Crippen MR) is 103 cm³/mol. The number of aryl methyl sites for hydroxylation is 1. The average molecular weight is 372 g/mol. The van der Waals surface area contributed by atoms with Crippen LogP contribution in [0.25, 0.3) is 0 Å². The number of carbonyl (C=O) groups excluding carboxylic acids is 2. The number of thiophene rings is 1. The van der Waals surface area contributed by atoms with Crippen molar-refractivity contribution in [1.29, 1.82) is 0 Å². The Morgan fingerprint density at radius 3 is 2.69 bits per heavy atom. The normalized spacial score (nSPS) is 21.5. The molecule has 0 aliphatic carbocycles. The molecule has 1 aliphatic rings. The first-order valence-electron chi connectivity index (χ1n) is 8.84. The predicted octanol–water partition coefficient (Wildman–Crippen LogP) is 3.04. The van der Waals surface area contributed by atoms with E-state index < -0.39 is 0 Å². The Balaban J connectivity index is 1.99. The first-order valence-corrected chi connectivity index (χ1v) is 9.72. The quantitative estimate of drug-likeness (QED) is 0.848. The van der Waals surface area contributed by atoms with Crippen LogP contribution in [-0.4, -0.2) is 29.6 Å². The van der Waals surface area contributed by atoms with Crippen LogP contribution in [0.4, 0.5) is 5.69 Å². The van der Waals surface area contributed by atoms with Gasteiger partial charge in [0.2, 0.25) is 11.8 Å². The Kier molecular flexibility index (Phi) is 5.74. The van der Waals surface area contributed by atoms with Crippen molar-refractivity contribution in [3.05, 3.63) is 52.2 Å². The molecule has 2 amide bonds. The summed E-state index contributed by atoms with van der Waals surface area (Å²) >= 11 is 1.56. The molecule has 1 aliphatic heterocycles. The molecule has 6 heteroatoms. The summed E-state index contributed by atoms with van der Waals surface area (Å²) in [6.07, 6.45) is 0.842. The molecule has 0 bridgehead atoms. The summed E-state index contributed by atoms with van der Waals surface area (Å²) in [7, 11) is 0. The molecule has 3 rings (SSSR count). The lowest BCUT2D eigenvalue weighted by atomic mass is 9.86. The molecule has 1 aromatic carbocycles. The van der Waals surface area contributed by atoms with Crippen LogP contribution in [0.15, 0.2) is 41.8 Å². The minimum Gasteiger partial charge on any atom is -0.394 e. The Morgan fingerprint density at radius 2 is 2.08 bits per heavy atom. The van der Waals surface area contributed by atoms with Gasteiger partial charge in [0.05, 0.1) is 18.6 Å². The van der Waals surface area contributed by atoms with Gasteiger partial charge in [-0.3, -0.25) is 9.59 Å². The number of hydrogen-bond donors (Lipinski definition) is 2. The smallest absolute Gasteiger partial charge is 0.227 e. The number of anilines is 1. The lowest BCUT2D eigenvalue weighted by Gasteiger charge is -2.40. The van der Waals surface area contributed by atoms with Gasteiger partial charge in [-0.1, -0.05) is 23.8 Å². The molecule has 138 valence electrons. The van der Waals surface area contributed by atoms with Gasteiger partial charge in [0, 0.05) is 23.0 Å². The minimum absolute atomic E-state index is 0.0338. The van der Waals surface area contributed by atoms with Crippen LogP contribution in [0.3, 0.4) is 0 Å². The van der Waals surface area contributed by atoms with Crippen molar-refractivity contribution in [1.82, 2.24) is 5.32 Å². The number of amides is 2. The van der Waals surface area contributed by atoms with Crippen LogP contribution in [0, 0.1) is 12.8 Å². The maximum Gasteiger partial charge on any atom is 0.227 e. The molecule has 0 saturated carbocycles. The van der Waals surface area contributed by atoms with E-state index >= 15 is 0 Å². The molecule has 26 heavy (non-hydrogen) atoms. The molecular weight excluding hydrogens is 348 g/mol. The van der Waals surface area contributed by atoms with E-state index in [1.54, 1.807) is 23.2 Å². The van der Waals surface area contributed by atoms with Gasteiger partial charge in [-0.05, 0) is 43.8 Å². The van der Waals surface area contributed by atoms with Gasteiger partial charge in [-0.25, -0.2) is 0 Å². The number of aliphatic hydroxyl groups is 1. The monoisotopic (exact) mass is 372 g/mol. The zero-order valence-corrected chi connectivity index (χ0v) is 15.8. The van der Waals surface area contributed by atoms with E-state index in [4.69, 9.17) is 0 Å². The van der Waals surface area contributed by atoms with E-state index in [0.717, 1.165) is 16.1 Å². The summed E-state index contributed by atoms with van der Waals surface area (Å²) in [4.78, 5) is 28.4. The summed E-state index contributed by atoms with van der Waals surface area (Å²) in [6.45, 7) is 3.66. The summed E-state index contributed by atoms with van der Waals surface area (Å²) in [6, 6.07) is 11.1. The number of carbonyl (C=O) groups is 2. The highest BCUT2D eigenvalue weighted by Gasteiger charge is 2.42. The fraction of sp³-hybridized carbons (Fsp3) is 0.400. The van der Waals surface area contributed by atoms with E-state index in [1.807, 2.05) is 48.7 Å². The number of rotatable bonds is 5. The molecule has 2 heterocycles. The first-order chi connectivity index (χ1) is 12.5. The van der Waals surface area contributed by atoms with Crippen molar-refractivity contribution in [3.8, 4) is 0 Å². The molecule has 0 radical (unpaired) electrons. The second-order valence-electron chi connectivity index (χ2n) is 6.80. The lowest BCUT2D eigenvalue weighted by molar-refractivity contribution is -0.130. The molecule has 1 saturated heterocycles. The third-order valence-electron chi connectivity index (χ3n) is 4.74. The molecular formula is C20H24N2O3S. The van der Waals surface area contributed by atoms with Crippen LogP contribution in [0.2, 0.25) is 0 Å². The Hall–Kier alpha value is -2.18. The topological polar surface area (TPSA) is 69.6 Å². The van der Waals surface area contributed by atoms with Crippen molar-refractivity contribution in [3.63, 3.8) is 0 Å². The van der Waals surface area contributed by atoms with Gasteiger partial charge in [0.1, 0.15) is 0 Å². The third-order valence-corrected chi connectivity index (χ3v) is 5.69. The molecule has 0 unspecified atom stereocenters. The van der Waals surface area contributed by atoms with Crippen molar-refractivity contribution in [2.75, 3.05) is 11.5 Å². The number of benzene rings is 1. The molecule has 3 atom stereocenters. The summed E-state index contributed by atoms with van der Waals surface area (Å²) < 4.78 is 0. The summed E-state index contributed by atoms with van der Waals surface area (Å²) in [5, 5.41) is 14.1.